The van der Waals surface area contributed by atoms with Gasteiger partial charge in [0, 0.05) is 23.7 Å². The maximum Gasteiger partial charge on any atom is 0.222 e. The molecule has 0 saturated carbocycles. The second-order valence-electron chi connectivity index (χ2n) is 4.19. The first kappa shape index (κ1) is 11.9. The summed E-state index contributed by atoms with van der Waals surface area (Å²) >= 11 is 6.05. The minimum absolute atomic E-state index is 0.621. The third-order valence-electron chi connectivity index (χ3n) is 2.98. The molecule has 0 saturated heterocycles. The van der Waals surface area contributed by atoms with Gasteiger partial charge in [-0.25, -0.2) is 9.97 Å². The Balaban J connectivity index is 2.24. The number of hydrogen-bond acceptors (Lipinski definition) is 3. The van der Waals surface area contributed by atoms with Crippen LogP contribution in [0.15, 0.2) is 48.7 Å². The molecule has 0 aliphatic carbocycles. The molecule has 0 aliphatic heterocycles. The van der Waals surface area contributed by atoms with Gasteiger partial charge in [0.05, 0.1) is 5.52 Å². The zero-order valence-electron chi connectivity index (χ0n) is 10.4. The highest BCUT2D eigenvalue weighted by atomic mass is 35.5. The van der Waals surface area contributed by atoms with Gasteiger partial charge in [-0.3, -0.25) is 0 Å². The van der Waals surface area contributed by atoms with Gasteiger partial charge in [0.1, 0.15) is 0 Å². The van der Waals surface area contributed by atoms with Gasteiger partial charge >= 0.3 is 0 Å². The third-order valence-corrected chi connectivity index (χ3v) is 3.22. The normalized spacial score (nSPS) is 10.6. The lowest BCUT2D eigenvalue weighted by molar-refractivity contribution is 1.19. The molecule has 0 bridgehead atoms. The van der Waals surface area contributed by atoms with Crippen molar-refractivity contribution in [2.75, 3.05) is 12.4 Å². The Morgan fingerprint density at radius 3 is 2.74 bits per heavy atom. The molecule has 0 spiro atoms. The Morgan fingerprint density at radius 2 is 1.95 bits per heavy atom. The van der Waals surface area contributed by atoms with E-state index in [4.69, 9.17) is 11.6 Å². The van der Waals surface area contributed by atoms with Crippen molar-refractivity contribution in [1.29, 1.82) is 0 Å². The highest BCUT2D eigenvalue weighted by Crippen LogP contribution is 2.29. The topological polar surface area (TPSA) is 37.8 Å². The second-order valence-corrected chi connectivity index (χ2v) is 4.63. The summed E-state index contributed by atoms with van der Waals surface area (Å²) in [5, 5.41) is 4.69. The number of rotatable bonds is 2. The first-order chi connectivity index (χ1) is 9.28. The molecule has 0 unspecified atom stereocenters. The number of aromatic nitrogens is 2. The summed E-state index contributed by atoms with van der Waals surface area (Å²) in [5.41, 5.74) is 3.07. The first-order valence-electron chi connectivity index (χ1n) is 5.97. The van der Waals surface area contributed by atoms with Gasteiger partial charge in [-0.15, -0.1) is 0 Å². The van der Waals surface area contributed by atoms with Gasteiger partial charge in [0.25, 0.3) is 0 Å². The highest BCUT2D eigenvalue weighted by molar-refractivity contribution is 6.30. The van der Waals surface area contributed by atoms with Crippen molar-refractivity contribution in [1.82, 2.24) is 9.97 Å². The van der Waals surface area contributed by atoms with Crippen LogP contribution in [0.5, 0.6) is 0 Å². The molecule has 3 nitrogen and oxygen atoms in total. The maximum atomic E-state index is 6.05. The Hall–Kier alpha value is -2.13. The molecular weight excluding hydrogens is 258 g/mol. The van der Waals surface area contributed by atoms with E-state index in [0.717, 1.165) is 27.1 Å². The van der Waals surface area contributed by atoms with Gasteiger partial charge in [-0.05, 0) is 29.3 Å². The van der Waals surface area contributed by atoms with Crippen LogP contribution in [-0.4, -0.2) is 17.0 Å². The van der Waals surface area contributed by atoms with Gasteiger partial charge in [0.15, 0.2) is 0 Å². The minimum Gasteiger partial charge on any atom is -0.357 e. The lowest BCUT2D eigenvalue weighted by Gasteiger charge is -2.07. The molecule has 0 atom stereocenters. The van der Waals surface area contributed by atoms with Crippen molar-refractivity contribution in [2.45, 2.75) is 0 Å². The van der Waals surface area contributed by atoms with Gasteiger partial charge < -0.3 is 5.32 Å². The number of anilines is 1. The molecule has 0 radical (unpaired) electrons. The number of nitrogens with one attached hydrogen (secondary N) is 1. The van der Waals surface area contributed by atoms with Crippen LogP contribution < -0.4 is 5.32 Å². The monoisotopic (exact) mass is 269 g/mol. The number of benzene rings is 2. The van der Waals surface area contributed by atoms with Crippen molar-refractivity contribution < 1.29 is 0 Å². The van der Waals surface area contributed by atoms with Crippen molar-refractivity contribution in [3.63, 3.8) is 0 Å². The zero-order valence-corrected chi connectivity index (χ0v) is 11.1. The molecule has 1 N–H and O–H groups in total. The summed E-state index contributed by atoms with van der Waals surface area (Å²) in [5.74, 6) is 0.621. The van der Waals surface area contributed by atoms with E-state index in [1.807, 2.05) is 49.6 Å². The average molecular weight is 270 g/mol. The van der Waals surface area contributed by atoms with E-state index in [2.05, 4.69) is 21.4 Å². The van der Waals surface area contributed by atoms with Crippen LogP contribution in [0.3, 0.4) is 0 Å². The van der Waals surface area contributed by atoms with Crippen molar-refractivity contribution in [3.05, 3.63) is 53.7 Å². The van der Waals surface area contributed by atoms with Crippen LogP contribution in [0.1, 0.15) is 0 Å². The van der Waals surface area contributed by atoms with Gasteiger partial charge in [-0.1, -0.05) is 35.9 Å². The summed E-state index contributed by atoms with van der Waals surface area (Å²) in [6.45, 7) is 0. The summed E-state index contributed by atoms with van der Waals surface area (Å²) in [6.07, 6.45) is 1.84. The summed E-state index contributed by atoms with van der Waals surface area (Å²) in [7, 11) is 1.81. The Bertz CT molecular complexity index is 740. The standard InChI is InChI=1S/C15H12ClN3/c1-17-15-18-9-13-12(6-3-7-14(13)19-15)10-4-2-5-11(16)8-10/h2-9H,1H3,(H,17,18,19). The van der Waals surface area contributed by atoms with Crippen molar-refractivity contribution in [3.8, 4) is 11.1 Å². The van der Waals surface area contributed by atoms with Crippen molar-refractivity contribution in [2.24, 2.45) is 0 Å². The molecule has 1 aromatic heterocycles. The second kappa shape index (κ2) is 4.86. The van der Waals surface area contributed by atoms with E-state index >= 15 is 0 Å². The fourth-order valence-electron chi connectivity index (χ4n) is 2.08. The van der Waals surface area contributed by atoms with E-state index < -0.39 is 0 Å². The van der Waals surface area contributed by atoms with Crippen LogP contribution in [0, 0.1) is 0 Å². The smallest absolute Gasteiger partial charge is 0.222 e. The number of hydrogen-bond donors (Lipinski definition) is 1. The van der Waals surface area contributed by atoms with E-state index in [-0.39, 0.29) is 0 Å². The lowest BCUT2D eigenvalue weighted by atomic mass is 10.0. The minimum atomic E-state index is 0.621. The van der Waals surface area contributed by atoms with Crippen LogP contribution >= 0.6 is 11.6 Å². The van der Waals surface area contributed by atoms with E-state index in [1.165, 1.54) is 0 Å². The fourth-order valence-corrected chi connectivity index (χ4v) is 2.27. The number of fused-ring (bicyclic) bond motifs is 1. The molecule has 0 aliphatic rings. The summed E-state index contributed by atoms with van der Waals surface area (Å²) in [6, 6.07) is 13.8. The van der Waals surface area contributed by atoms with E-state index in [1.54, 1.807) is 0 Å². The molecule has 19 heavy (non-hydrogen) atoms. The van der Waals surface area contributed by atoms with E-state index in [9.17, 15) is 0 Å². The highest BCUT2D eigenvalue weighted by Gasteiger charge is 2.06. The third kappa shape index (κ3) is 2.25. The Morgan fingerprint density at radius 1 is 1.11 bits per heavy atom. The lowest BCUT2D eigenvalue weighted by Crippen LogP contribution is -1.96. The number of halogens is 1. The van der Waals surface area contributed by atoms with Crippen LogP contribution in [-0.2, 0) is 0 Å². The van der Waals surface area contributed by atoms with Crippen LogP contribution in [0.4, 0.5) is 5.95 Å². The zero-order chi connectivity index (χ0) is 13.2. The molecule has 0 fully saturated rings. The Kier molecular flexibility index (Phi) is 3.05. The summed E-state index contributed by atoms with van der Waals surface area (Å²) < 4.78 is 0. The molecule has 2 aromatic carbocycles. The predicted octanol–water partition coefficient (Wildman–Crippen LogP) is 3.99. The fraction of sp³-hybridized carbons (Fsp3) is 0.0667. The maximum absolute atomic E-state index is 6.05. The van der Waals surface area contributed by atoms with Crippen LogP contribution in [0.25, 0.3) is 22.0 Å². The molecule has 1 heterocycles. The van der Waals surface area contributed by atoms with Crippen molar-refractivity contribution >= 4 is 28.5 Å². The summed E-state index contributed by atoms with van der Waals surface area (Å²) in [4.78, 5) is 8.73. The molecular formula is C15H12ClN3. The molecule has 0 amide bonds. The predicted molar refractivity (Wildman–Crippen MR) is 79.5 cm³/mol. The molecule has 4 heteroatoms. The SMILES string of the molecule is CNc1ncc2c(-c3cccc(Cl)c3)cccc2n1. The molecule has 3 rings (SSSR count). The van der Waals surface area contributed by atoms with Gasteiger partial charge in [-0.2, -0.15) is 0 Å². The average Bonchev–Trinajstić information content (AvgIpc) is 2.46. The molecule has 94 valence electrons. The van der Waals surface area contributed by atoms with Crippen LogP contribution in [0.2, 0.25) is 5.02 Å². The molecule has 3 aromatic rings. The number of nitrogens with zero attached hydrogens (tertiary/aromatic N) is 2. The van der Waals surface area contributed by atoms with E-state index in [0.29, 0.717) is 5.95 Å². The Labute approximate surface area is 116 Å². The first-order valence-corrected chi connectivity index (χ1v) is 6.35. The largest absolute Gasteiger partial charge is 0.357 e. The quantitative estimate of drug-likeness (QED) is 0.764. The van der Waals surface area contributed by atoms with Gasteiger partial charge in [0.2, 0.25) is 5.95 Å².